The van der Waals surface area contributed by atoms with Gasteiger partial charge in [-0.05, 0) is 30.5 Å². The van der Waals surface area contributed by atoms with Crippen molar-refractivity contribution in [1.29, 1.82) is 0 Å². The van der Waals surface area contributed by atoms with Gasteiger partial charge in [-0.25, -0.2) is 9.78 Å². The smallest absolute Gasteiger partial charge is 0.315 e. The summed E-state index contributed by atoms with van der Waals surface area (Å²) in [4.78, 5) is 18.3. The SMILES string of the molecule is CN(C)c1cc(CNC(=O)NC2CCCCCCC2)ccn1. The molecule has 1 aliphatic rings. The number of carbonyl (C=O) groups is 1. The van der Waals surface area contributed by atoms with Crippen LogP contribution in [-0.2, 0) is 6.54 Å². The highest BCUT2D eigenvalue weighted by Crippen LogP contribution is 2.17. The number of anilines is 1. The maximum atomic E-state index is 12.1. The van der Waals surface area contributed by atoms with Gasteiger partial charge in [-0.1, -0.05) is 32.1 Å². The lowest BCUT2D eigenvalue weighted by molar-refractivity contribution is 0.233. The van der Waals surface area contributed by atoms with Crippen molar-refractivity contribution in [3.63, 3.8) is 0 Å². The molecule has 1 heterocycles. The van der Waals surface area contributed by atoms with Gasteiger partial charge in [-0.2, -0.15) is 0 Å². The van der Waals surface area contributed by atoms with Crippen LogP contribution >= 0.6 is 0 Å². The Balaban J connectivity index is 1.78. The topological polar surface area (TPSA) is 57.3 Å². The number of rotatable bonds is 4. The van der Waals surface area contributed by atoms with E-state index in [1.807, 2.05) is 31.1 Å². The van der Waals surface area contributed by atoms with Crippen molar-refractivity contribution < 1.29 is 4.79 Å². The van der Waals surface area contributed by atoms with Gasteiger partial charge in [0.15, 0.2) is 0 Å². The Bertz CT molecular complexity index is 467. The second-order valence-corrected chi connectivity index (χ2v) is 6.29. The molecule has 1 aliphatic carbocycles. The van der Waals surface area contributed by atoms with Crippen LogP contribution in [-0.4, -0.2) is 31.2 Å². The third-order valence-electron chi connectivity index (χ3n) is 4.16. The molecule has 0 bridgehead atoms. The number of pyridine rings is 1. The van der Waals surface area contributed by atoms with E-state index in [0.29, 0.717) is 12.6 Å². The zero-order valence-corrected chi connectivity index (χ0v) is 13.8. The van der Waals surface area contributed by atoms with Gasteiger partial charge in [0.2, 0.25) is 0 Å². The zero-order valence-electron chi connectivity index (χ0n) is 13.8. The van der Waals surface area contributed by atoms with E-state index in [4.69, 9.17) is 0 Å². The van der Waals surface area contributed by atoms with E-state index in [1.165, 1.54) is 32.1 Å². The number of hydrogen-bond acceptors (Lipinski definition) is 3. The molecule has 2 rings (SSSR count). The Kier molecular flexibility index (Phi) is 6.49. The second kappa shape index (κ2) is 8.61. The lowest BCUT2D eigenvalue weighted by Gasteiger charge is -2.21. The fourth-order valence-corrected chi connectivity index (χ4v) is 2.83. The molecule has 0 atom stereocenters. The molecule has 22 heavy (non-hydrogen) atoms. The highest BCUT2D eigenvalue weighted by Gasteiger charge is 2.13. The summed E-state index contributed by atoms with van der Waals surface area (Å²) < 4.78 is 0. The Morgan fingerprint density at radius 3 is 2.59 bits per heavy atom. The third kappa shape index (κ3) is 5.54. The van der Waals surface area contributed by atoms with Gasteiger partial charge in [-0.3, -0.25) is 0 Å². The zero-order chi connectivity index (χ0) is 15.8. The number of amides is 2. The van der Waals surface area contributed by atoms with Crippen LogP contribution in [0.5, 0.6) is 0 Å². The number of carbonyl (C=O) groups excluding carboxylic acids is 1. The summed E-state index contributed by atoms with van der Waals surface area (Å²) in [5.74, 6) is 0.903. The fourth-order valence-electron chi connectivity index (χ4n) is 2.83. The molecule has 5 nitrogen and oxygen atoms in total. The standard InChI is InChI=1S/C17H28N4O/c1-21(2)16-12-14(10-11-18-16)13-19-17(22)20-15-8-6-4-3-5-7-9-15/h10-12,15H,3-9,13H2,1-2H3,(H2,19,20,22). The van der Waals surface area contributed by atoms with Crippen molar-refractivity contribution in [2.45, 2.75) is 57.5 Å². The van der Waals surface area contributed by atoms with Crippen LogP contribution in [0.2, 0.25) is 0 Å². The quantitative estimate of drug-likeness (QED) is 0.899. The van der Waals surface area contributed by atoms with E-state index in [2.05, 4.69) is 15.6 Å². The van der Waals surface area contributed by atoms with Gasteiger partial charge in [0.1, 0.15) is 5.82 Å². The largest absolute Gasteiger partial charge is 0.363 e. The summed E-state index contributed by atoms with van der Waals surface area (Å²) in [6.07, 6.45) is 10.4. The van der Waals surface area contributed by atoms with Crippen molar-refractivity contribution in [2.75, 3.05) is 19.0 Å². The highest BCUT2D eigenvalue weighted by molar-refractivity contribution is 5.74. The van der Waals surface area contributed by atoms with Crippen LogP contribution in [0.25, 0.3) is 0 Å². The summed E-state index contributed by atoms with van der Waals surface area (Å²) in [5.41, 5.74) is 1.06. The predicted molar refractivity (Wildman–Crippen MR) is 90.0 cm³/mol. The molecule has 0 saturated heterocycles. The first-order chi connectivity index (χ1) is 10.6. The highest BCUT2D eigenvalue weighted by atomic mass is 16.2. The van der Waals surface area contributed by atoms with Gasteiger partial charge in [0, 0.05) is 32.9 Å². The first-order valence-electron chi connectivity index (χ1n) is 8.32. The van der Waals surface area contributed by atoms with Crippen molar-refractivity contribution in [3.05, 3.63) is 23.9 Å². The molecular formula is C17H28N4O. The third-order valence-corrected chi connectivity index (χ3v) is 4.16. The van der Waals surface area contributed by atoms with Gasteiger partial charge in [0.05, 0.1) is 0 Å². The number of urea groups is 1. The van der Waals surface area contributed by atoms with Gasteiger partial charge in [0.25, 0.3) is 0 Å². The maximum Gasteiger partial charge on any atom is 0.315 e. The molecule has 5 heteroatoms. The van der Waals surface area contributed by atoms with Crippen LogP contribution in [0.4, 0.5) is 10.6 Å². The summed E-state index contributed by atoms with van der Waals surface area (Å²) in [6.45, 7) is 0.530. The molecule has 0 aliphatic heterocycles. The molecule has 2 N–H and O–H groups in total. The average Bonchev–Trinajstić information content (AvgIpc) is 2.48. The van der Waals surface area contributed by atoms with Crippen molar-refractivity contribution >= 4 is 11.8 Å². The minimum Gasteiger partial charge on any atom is -0.363 e. The Labute approximate surface area is 133 Å². The van der Waals surface area contributed by atoms with Crippen molar-refractivity contribution in [2.24, 2.45) is 0 Å². The number of aromatic nitrogens is 1. The number of nitrogens with zero attached hydrogens (tertiary/aromatic N) is 2. The summed E-state index contributed by atoms with van der Waals surface area (Å²) >= 11 is 0. The van der Waals surface area contributed by atoms with E-state index < -0.39 is 0 Å². The van der Waals surface area contributed by atoms with E-state index in [1.54, 1.807) is 6.20 Å². The molecule has 1 aromatic heterocycles. The summed E-state index contributed by atoms with van der Waals surface area (Å²) in [5, 5.41) is 6.07. The predicted octanol–water partition coefficient (Wildman–Crippen LogP) is 3.06. The molecule has 0 aromatic carbocycles. The Morgan fingerprint density at radius 1 is 1.23 bits per heavy atom. The fraction of sp³-hybridized carbons (Fsp3) is 0.647. The van der Waals surface area contributed by atoms with E-state index >= 15 is 0 Å². The van der Waals surface area contributed by atoms with Gasteiger partial charge >= 0.3 is 6.03 Å². The second-order valence-electron chi connectivity index (χ2n) is 6.29. The van der Waals surface area contributed by atoms with Crippen molar-refractivity contribution in [3.8, 4) is 0 Å². The lowest BCUT2D eigenvalue weighted by Crippen LogP contribution is -2.42. The number of hydrogen-bond donors (Lipinski definition) is 2. The van der Waals surface area contributed by atoms with Crippen LogP contribution < -0.4 is 15.5 Å². The molecule has 1 fully saturated rings. The maximum absolute atomic E-state index is 12.1. The molecule has 122 valence electrons. The molecule has 1 aromatic rings. The minimum absolute atomic E-state index is 0.0613. The average molecular weight is 304 g/mol. The minimum atomic E-state index is -0.0613. The van der Waals surface area contributed by atoms with E-state index in [9.17, 15) is 4.79 Å². The van der Waals surface area contributed by atoms with Crippen molar-refractivity contribution in [1.82, 2.24) is 15.6 Å². The Morgan fingerprint density at radius 2 is 1.91 bits per heavy atom. The van der Waals surface area contributed by atoms with E-state index in [0.717, 1.165) is 24.2 Å². The van der Waals surface area contributed by atoms with E-state index in [-0.39, 0.29) is 6.03 Å². The number of nitrogens with one attached hydrogen (secondary N) is 2. The molecular weight excluding hydrogens is 276 g/mol. The molecule has 1 saturated carbocycles. The van der Waals surface area contributed by atoms with Gasteiger partial charge in [-0.15, -0.1) is 0 Å². The first-order valence-corrected chi connectivity index (χ1v) is 8.32. The summed E-state index contributed by atoms with van der Waals surface area (Å²) in [7, 11) is 3.92. The van der Waals surface area contributed by atoms with Crippen LogP contribution in [0, 0.1) is 0 Å². The van der Waals surface area contributed by atoms with Crippen LogP contribution in [0.3, 0.4) is 0 Å². The molecule has 2 amide bonds. The normalized spacial score (nSPS) is 16.5. The monoisotopic (exact) mass is 304 g/mol. The molecule has 0 radical (unpaired) electrons. The Hall–Kier alpha value is -1.78. The molecule has 0 spiro atoms. The first kappa shape index (κ1) is 16.6. The lowest BCUT2D eigenvalue weighted by atomic mass is 9.97. The summed E-state index contributed by atoms with van der Waals surface area (Å²) in [6, 6.07) is 4.20. The molecule has 0 unspecified atom stereocenters. The van der Waals surface area contributed by atoms with Crippen LogP contribution in [0.15, 0.2) is 18.3 Å². The van der Waals surface area contributed by atoms with Gasteiger partial charge < -0.3 is 15.5 Å². The van der Waals surface area contributed by atoms with Crippen LogP contribution in [0.1, 0.15) is 50.5 Å².